The maximum atomic E-state index is 12.6. The van der Waals surface area contributed by atoms with E-state index < -0.39 is 0 Å². The molecule has 162 valence electrons. The first-order chi connectivity index (χ1) is 15.5. The number of hydrogen-bond acceptors (Lipinski definition) is 3. The average molecular weight is 487 g/mol. The summed E-state index contributed by atoms with van der Waals surface area (Å²) >= 11 is 17.9. The minimum Gasteiger partial charge on any atom is -0.489 e. The van der Waals surface area contributed by atoms with Crippen LogP contribution in [0.25, 0.3) is 0 Å². The Morgan fingerprint density at radius 3 is 2.31 bits per heavy atom. The Morgan fingerprint density at radius 2 is 1.59 bits per heavy atom. The number of carbonyl (C=O) groups excluding carboxylic acids is 1. The molecule has 8 heteroatoms. The molecule has 0 spiro atoms. The molecule has 5 nitrogen and oxygen atoms in total. The maximum absolute atomic E-state index is 12.6. The predicted octanol–water partition coefficient (Wildman–Crippen LogP) is 6.72. The van der Waals surface area contributed by atoms with Crippen LogP contribution in [0, 0.1) is 0 Å². The van der Waals surface area contributed by atoms with Gasteiger partial charge in [0.05, 0.1) is 16.6 Å². The second-order valence-corrected chi connectivity index (χ2v) is 8.29. The van der Waals surface area contributed by atoms with Gasteiger partial charge in [-0.3, -0.25) is 9.48 Å². The van der Waals surface area contributed by atoms with Crippen LogP contribution in [0.3, 0.4) is 0 Å². The smallest absolute Gasteiger partial charge is 0.256 e. The van der Waals surface area contributed by atoms with E-state index >= 15 is 0 Å². The van der Waals surface area contributed by atoms with Crippen LogP contribution in [0.4, 0.5) is 5.82 Å². The van der Waals surface area contributed by atoms with Crippen molar-refractivity contribution in [2.45, 2.75) is 13.2 Å². The zero-order valence-electron chi connectivity index (χ0n) is 16.8. The molecule has 0 bridgehead atoms. The standard InChI is InChI=1S/C24H18Cl3N3O2/c25-19-6-8-20(9-7-19)32-15-16-1-4-18(5-2-16)24(31)28-23-11-12-30(29-23)14-17-3-10-21(26)22(27)13-17/h1-13H,14-15H2,(H,28,29,31). The van der Waals surface area contributed by atoms with E-state index in [0.29, 0.717) is 39.6 Å². The van der Waals surface area contributed by atoms with Gasteiger partial charge in [-0.25, -0.2) is 0 Å². The van der Waals surface area contributed by atoms with Crippen LogP contribution in [0.2, 0.25) is 15.1 Å². The Labute approximate surface area is 200 Å². The van der Waals surface area contributed by atoms with Gasteiger partial charge in [-0.2, -0.15) is 5.10 Å². The predicted molar refractivity (Wildman–Crippen MR) is 128 cm³/mol. The number of nitrogens with zero attached hydrogens (tertiary/aromatic N) is 2. The molecule has 0 aliphatic carbocycles. The largest absolute Gasteiger partial charge is 0.489 e. The van der Waals surface area contributed by atoms with E-state index in [4.69, 9.17) is 39.5 Å². The van der Waals surface area contributed by atoms with Crippen LogP contribution in [-0.4, -0.2) is 15.7 Å². The first kappa shape index (κ1) is 22.2. The van der Waals surface area contributed by atoms with Crippen molar-refractivity contribution in [3.63, 3.8) is 0 Å². The van der Waals surface area contributed by atoms with Gasteiger partial charge in [-0.15, -0.1) is 0 Å². The summed E-state index contributed by atoms with van der Waals surface area (Å²) in [5.74, 6) is 0.952. The fourth-order valence-corrected chi connectivity index (χ4v) is 3.43. The van der Waals surface area contributed by atoms with Gasteiger partial charge in [-0.05, 0) is 59.7 Å². The summed E-state index contributed by atoms with van der Waals surface area (Å²) in [6.45, 7) is 0.901. The quantitative estimate of drug-likeness (QED) is 0.315. The Bertz CT molecular complexity index is 1220. The minimum absolute atomic E-state index is 0.241. The summed E-state index contributed by atoms with van der Waals surface area (Å²) < 4.78 is 7.44. The van der Waals surface area contributed by atoms with E-state index in [0.717, 1.165) is 16.9 Å². The van der Waals surface area contributed by atoms with Crippen LogP contribution in [0.15, 0.2) is 79.0 Å². The third kappa shape index (κ3) is 5.82. The highest BCUT2D eigenvalue weighted by Gasteiger charge is 2.09. The van der Waals surface area contributed by atoms with Gasteiger partial charge >= 0.3 is 0 Å². The number of halogens is 3. The van der Waals surface area contributed by atoms with E-state index in [2.05, 4.69) is 10.4 Å². The molecular weight excluding hydrogens is 469 g/mol. The molecule has 0 aliphatic rings. The van der Waals surface area contributed by atoms with Crippen LogP contribution < -0.4 is 10.1 Å². The summed E-state index contributed by atoms with van der Waals surface area (Å²) in [7, 11) is 0. The fraction of sp³-hybridized carbons (Fsp3) is 0.0833. The molecule has 0 atom stereocenters. The van der Waals surface area contributed by atoms with Crippen molar-refractivity contribution in [2.75, 3.05) is 5.32 Å². The second-order valence-electron chi connectivity index (χ2n) is 7.04. The monoisotopic (exact) mass is 485 g/mol. The van der Waals surface area contributed by atoms with Crippen LogP contribution in [0.1, 0.15) is 21.5 Å². The molecule has 0 unspecified atom stereocenters. The molecule has 0 saturated carbocycles. The van der Waals surface area contributed by atoms with E-state index in [1.807, 2.05) is 30.3 Å². The Kier molecular flexibility index (Phi) is 7.00. The zero-order chi connectivity index (χ0) is 22.5. The zero-order valence-corrected chi connectivity index (χ0v) is 19.0. The lowest BCUT2D eigenvalue weighted by Gasteiger charge is -2.07. The molecule has 0 radical (unpaired) electrons. The van der Waals surface area contributed by atoms with Gasteiger partial charge < -0.3 is 10.1 Å². The van der Waals surface area contributed by atoms with Gasteiger partial charge in [-0.1, -0.05) is 53.0 Å². The number of anilines is 1. The molecule has 0 saturated heterocycles. The summed E-state index contributed by atoms with van der Waals surface area (Å²) in [6, 6.07) is 21.5. The van der Waals surface area contributed by atoms with Crippen molar-refractivity contribution in [2.24, 2.45) is 0 Å². The summed E-state index contributed by atoms with van der Waals surface area (Å²) in [5.41, 5.74) is 2.43. The molecule has 0 aliphatic heterocycles. The fourth-order valence-electron chi connectivity index (χ4n) is 2.98. The Balaban J connectivity index is 1.32. The molecule has 4 rings (SSSR count). The molecule has 4 aromatic rings. The van der Waals surface area contributed by atoms with Gasteiger partial charge in [0.1, 0.15) is 12.4 Å². The molecule has 1 heterocycles. The molecule has 32 heavy (non-hydrogen) atoms. The Hall–Kier alpha value is -2.99. The highest BCUT2D eigenvalue weighted by Crippen LogP contribution is 2.23. The van der Waals surface area contributed by atoms with Crippen molar-refractivity contribution in [1.82, 2.24) is 9.78 Å². The third-order valence-corrected chi connectivity index (χ3v) is 5.64. The normalized spacial score (nSPS) is 10.7. The number of benzene rings is 3. The number of aromatic nitrogens is 2. The van der Waals surface area contributed by atoms with Crippen molar-refractivity contribution in [1.29, 1.82) is 0 Å². The van der Waals surface area contributed by atoms with E-state index in [1.165, 1.54) is 0 Å². The first-order valence-electron chi connectivity index (χ1n) is 9.72. The summed E-state index contributed by atoms with van der Waals surface area (Å²) in [4.78, 5) is 12.6. The highest BCUT2D eigenvalue weighted by molar-refractivity contribution is 6.42. The summed E-state index contributed by atoms with van der Waals surface area (Å²) in [5, 5.41) is 8.85. The van der Waals surface area contributed by atoms with Crippen LogP contribution in [0.5, 0.6) is 5.75 Å². The molecule has 0 fully saturated rings. The SMILES string of the molecule is O=C(Nc1ccn(Cc2ccc(Cl)c(Cl)c2)n1)c1ccc(COc2ccc(Cl)cc2)cc1. The van der Waals surface area contributed by atoms with Gasteiger partial charge in [0.15, 0.2) is 5.82 Å². The molecule has 1 N–H and O–H groups in total. The number of hydrogen-bond donors (Lipinski definition) is 1. The lowest BCUT2D eigenvalue weighted by molar-refractivity contribution is 0.102. The number of ether oxygens (including phenoxy) is 1. The first-order valence-corrected chi connectivity index (χ1v) is 10.9. The Morgan fingerprint density at radius 1 is 0.875 bits per heavy atom. The van der Waals surface area contributed by atoms with Crippen molar-refractivity contribution >= 4 is 46.5 Å². The van der Waals surface area contributed by atoms with E-state index in [1.54, 1.807) is 53.3 Å². The summed E-state index contributed by atoms with van der Waals surface area (Å²) in [6.07, 6.45) is 1.79. The highest BCUT2D eigenvalue weighted by atomic mass is 35.5. The second kappa shape index (κ2) is 10.1. The van der Waals surface area contributed by atoms with Gasteiger partial charge in [0.25, 0.3) is 5.91 Å². The van der Waals surface area contributed by atoms with E-state index in [9.17, 15) is 4.79 Å². The molecule has 3 aromatic carbocycles. The van der Waals surface area contributed by atoms with Crippen molar-refractivity contribution in [3.05, 3.63) is 111 Å². The van der Waals surface area contributed by atoms with Crippen LogP contribution >= 0.6 is 34.8 Å². The van der Waals surface area contributed by atoms with Gasteiger partial charge in [0, 0.05) is 22.8 Å². The lowest BCUT2D eigenvalue weighted by atomic mass is 10.1. The molecular formula is C24H18Cl3N3O2. The number of rotatable bonds is 7. The minimum atomic E-state index is -0.241. The maximum Gasteiger partial charge on any atom is 0.256 e. The lowest BCUT2D eigenvalue weighted by Crippen LogP contribution is -2.13. The van der Waals surface area contributed by atoms with Gasteiger partial charge in [0.2, 0.25) is 0 Å². The number of nitrogens with one attached hydrogen (secondary N) is 1. The molecule has 1 amide bonds. The van der Waals surface area contributed by atoms with Crippen molar-refractivity contribution < 1.29 is 9.53 Å². The van der Waals surface area contributed by atoms with E-state index in [-0.39, 0.29) is 5.91 Å². The topological polar surface area (TPSA) is 56.2 Å². The third-order valence-electron chi connectivity index (χ3n) is 4.65. The molecule has 1 aromatic heterocycles. The number of carbonyl (C=O) groups is 1. The van der Waals surface area contributed by atoms with Crippen molar-refractivity contribution in [3.8, 4) is 5.75 Å². The average Bonchev–Trinajstić information content (AvgIpc) is 3.23. The number of amides is 1. The van der Waals surface area contributed by atoms with Crippen LogP contribution in [-0.2, 0) is 13.2 Å².